The number of aromatic nitrogens is 2. The van der Waals surface area contributed by atoms with Gasteiger partial charge in [0.05, 0.1) is 0 Å². The summed E-state index contributed by atoms with van der Waals surface area (Å²) in [6.45, 7) is 7.29. The second kappa shape index (κ2) is 6.00. The summed E-state index contributed by atoms with van der Waals surface area (Å²) in [5.74, 6) is 2.81. The third-order valence-electron chi connectivity index (χ3n) is 3.97. The molecule has 114 valence electrons. The van der Waals surface area contributed by atoms with Crippen molar-refractivity contribution in [2.24, 2.45) is 5.73 Å². The summed E-state index contributed by atoms with van der Waals surface area (Å²) in [5.41, 5.74) is 5.96. The van der Waals surface area contributed by atoms with Crippen LogP contribution in [0.15, 0.2) is 4.52 Å². The van der Waals surface area contributed by atoms with Crippen molar-refractivity contribution in [2.75, 3.05) is 19.6 Å². The van der Waals surface area contributed by atoms with E-state index in [9.17, 15) is 0 Å². The highest BCUT2D eigenvalue weighted by molar-refractivity contribution is 5.85. The van der Waals surface area contributed by atoms with Crippen molar-refractivity contribution in [3.05, 3.63) is 11.7 Å². The Kier molecular flexibility index (Phi) is 4.72. The van der Waals surface area contributed by atoms with Crippen LogP contribution in [0.5, 0.6) is 0 Å². The van der Waals surface area contributed by atoms with Crippen molar-refractivity contribution in [2.45, 2.75) is 56.9 Å². The van der Waals surface area contributed by atoms with E-state index in [2.05, 4.69) is 28.9 Å². The van der Waals surface area contributed by atoms with E-state index in [0.717, 1.165) is 44.2 Å². The molecule has 2 fully saturated rings. The lowest BCUT2D eigenvalue weighted by Crippen LogP contribution is -2.47. The number of piperidine rings is 1. The summed E-state index contributed by atoms with van der Waals surface area (Å²) in [7, 11) is 0. The summed E-state index contributed by atoms with van der Waals surface area (Å²) >= 11 is 0. The predicted octanol–water partition coefficient (Wildman–Crippen LogP) is 2.29. The Labute approximate surface area is 126 Å². The van der Waals surface area contributed by atoms with Crippen LogP contribution in [0, 0.1) is 0 Å². The van der Waals surface area contributed by atoms with E-state index in [4.69, 9.17) is 10.3 Å². The molecular formula is C14H25ClN4O. The quantitative estimate of drug-likeness (QED) is 0.924. The Morgan fingerprint density at radius 3 is 2.40 bits per heavy atom. The largest absolute Gasteiger partial charge is 0.339 e. The fourth-order valence-corrected chi connectivity index (χ4v) is 2.83. The monoisotopic (exact) mass is 300 g/mol. The van der Waals surface area contributed by atoms with Crippen LogP contribution in [-0.2, 0) is 0 Å². The average Bonchev–Trinajstić information content (AvgIpc) is 3.07. The van der Waals surface area contributed by atoms with E-state index < -0.39 is 0 Å². The lowest BCUT2D eigenvalue weighted by Gasteiger charge is -2.34. The molecule has 2 heterocycles. The van der Waals surface area contributed by atoms with Crippen molar-refractivity contribution in [1.29, 1.82) is 0 Å². The highest BCUT2D eigenvalue weighted by Gasteiger charge is 2.32. The van der Waals surface area contributed by atoms with Crippen molar-refractivity contribution in [3.63, 3.8) is 0 Å². The lowest BCUT2D eigenvalue weighted by molar-refractivity contribution is 0.176. The van der Waals surface area contributed by atoms with Crippen molar-refractivity contribution in [1.82, 2.24) is 15.0 Å². The standard InChI is InChI=1S/C14H24N4O.ClH/c1-14(2,15)9-18-7-5-10(6-8-18)12-16-13(19-17-12)11-3-4-11;/h10-11H,3-9,15H2,1-2H3;1H. The summed E-state index contributed by atoms with van der Waals surface area (Å²) < 4.78 is 5.35. The molecule has 0 amide bonds. The predicted molar refractivity (Wildman–Crippen MR) is 80.2 cm³/mol. The number of nitrogens with two attached hydrogens (primary N) is 1. The summed E-state index contributed by atoms with van der Waals surface area (Å²) in [6, 6.07) is 0. The minimum Gasteiger partial charge on any atom is -0.339 e. The van der Waals surface area contributed by atoms with Crippen LogP contribution in [0.1, 0.15) is 63.1 Å². The molecule has 1 aliphatic carbocycles. The zero-order valence-electron chi connectivity index (χ0n) is 12.3. The third kappa shape index (κ3) is 3.93. The SMILES string of the molecule is CC(C)(N)CN1CCC(c2noc(C3CC3)n2)CC1.Cl. The van der Waals surface area contributed by atoms with Gasteiger partial charge in [0.25, 0.3) is 0 Å². The molecule has 0 atom stereocenters. The van der Waals surface area contributed by atoms with Crippen LogP contribution in [0.2, 0.25) is 0 Å². The molecule has 2 N–H and O–H groups in total. The van der Waals surface area contributed by atoms with Crippen LogP contribution < -0.4 is 5.73 Å². The van der Waals surface area contributed by atoms with Crippen LogP contribution in [0.4, 0.5) is 0 Å². The molecule has 0 aromatic carbocycles. The first-order valence-corrected chi connectivity index (χ1v) is 7.36. The molecule has 2 aliphatic rings. The maximum atomic E-state index is 6.07. The molecule has 0 bridgehead atoms. The van der Waals surface area contributed by atoms with Gasteiger partial charge in [-0.1, -0.05) is 5.16 Å². The minimum absolute atomic E-state index is 0. The molecule has 0 radical (unpaired) electrons. The number of nitrogens with zero attached hydrogens (tertiary/aromatic N) is 3. The van der Waals surface area contributed by atoms with Crippen molar-refractivity contribution >= 4 is 12.4 Å². The van der Waals surface area contributed by atoms with E-state index in [1.54, 1.807) is 0 Å². The Bertz CT molecular complexity index is 431. The first kappa shape index (κ1) is 15.7. The van der Waals surface area contributed by atoms with Gasteiger partial charge >= 0.3 is 0 Å². The van der Waals surface area contributed by atoms with Gasteiger partial charge < -0.3 is 15.2 Å². The molecule has 6 heteroatoms. The minimum atomic E-state index is -0.113. The van der Waals surface area contributed by atoms with Gasteiger partial charge in [0.15, 0.2) is 5.82 Å². The smallest absolute Gasteiger partial charge is 0.229 e. The Morgan fingerprint density at radius 1 is 1.20 bits per heavy atom. The molecule has 1 aliphatic heterocycles. The van der Waals surface area contributed by atoms with Crippen LogP contribution in [0.3, 0.4) is 0 Å². The topological polar surface area (TPSA) is 68.2 Å². The molecule has 5 nitrogen and oxygen atoms in total. The Hall–Kier alpha value is -0.650. The normalized spacial score (nSPS) is 21.8. The first-order chi connectivity index (χ1) is 9.01. The van der Waals surface area contributed by atoms with Crippen molar-refractivity contribution in [3.8, 4) is 0 Å². The second-order valence-corrected chi connectivity index (χ2v) is 6.80. The van der Waals surface area contributed by atoms with E-state index in [1.165, 1.54) is 12.8 Å². The van der Waals surface area contributed by atoms with Gasteiger partial charge in [0, 0.05) is 23.9 Å². The third-order valence-corrected chi connectivity index (χ3v) is 3.97. The first-order valence-electron chi connectivity index (χ1n) is 7.36. The van der Waals surface area contributed by atoms with Gasteiger partial charge in [-0.15, -0.1) is 12.4 Å². The van der Waals surface area contributed by atoms with E-state index in [1.807, 2.05) is 0 Å². The molecule has 0 unspecified atom stereocenters. The van der Waals surface area contributed by atoms with Gasteiger partial charge in [0.2, 0.25) is 5.89 Å². The molecule has 3 rings (SSSR count). The molecule has 1 aromatic heterocycles. The second-order valence-electron chi connectivity index (χ2n) is 6.80. The number of hydrogen-bond donors (Lipinski definition) is 1. The number of hydrogen-bond acceptors (Lipinski definition) is 5. The summed E-state index contributed by atoms with van der Waals surface area (Å²) in [5, 5.41) is 4.17. The number of halogens is 1. The fourth-order valence-electron chi connectivity index (χ4n) is 2.83. The lowest BCUT2D eigenvalue weighted by atomic mass is 9.94. The van der Waals surface area contributed by atoms with Gasteiger partial charge in [-0.25, -0.2) is 0 Å². The molecular weight excluding hydrogens is 276 g/mol. The zero-order valence-corrected chi connectivity index (χ0v) is 13.2. The highest BCUT2D eigenvalue weighted by atomic mass is 35.5. The summed E-state index contributed by atoms with van der Waals surface area (Å²) in [6.07, 6.45) is 4.65. The van der Waals surface area contributed by atoms with Crippen LogP contribution in [0.25, 0.3) is 0 Å². The van der Waals surface area contributed by atoms with Gasteiger partial charge in [-0.2, -0.15) is 4.98 Å². The van der Waals surface area contributed by atoms with Gasteiger partial charge in [0.1, 0.15) is 0 Å². The zero-order chi connectivity index (χ0) is 13.5. The molecule has 1 saturated heterocycles. The van der Waals surface area contributed by atoms with Gasteiger partial charge in [-0.3, -0.25) is 0 Å². The number of likely N-dealkylation sites (tertiary alicyclic amines) is 1. The van der Waals surface area contributed by atoms with E-state index in [-0.39, 0.29) is 17.9 Å². The molecule has 1 saturated carbocycles. The maximum Gasteiger partial charge on any atom is 0.229 e. The summed E-state index contributed by atoms with van der Waals surface area (Å²) in [4.78, 5) is 7.02. The van der Waals surface area contributed by atoms with E-state index in [0.29, 0.717) is 11.8 Å². The Morgan fingerprint density at radius 2 is 1.85 bits per heavy atom. The van der Waals surface area contributed by atoms with Crippen LogP contribution in [-0.4, -0.2) is 40.2 Å². The Balaban J connectivity index is 0.00000147. The van der Waals surface area contributed by atoms with Crippen molar-refractivity contribution < 1.29 is 4.52 Å². The maximum absolute atomic E-state index is 6.07. The molecule has 0 spiro atoms. The van der Waals surface area contributed by atoms with Gasteiger partial charge in [-0.05, 0) is 52.6 Å². The van der Waals surface area contributed by atoms with E-state index >= 15 is 0 Å². The number of rotatable bonds is 4. The fraction of sp³-hybridized carbons (Fsp3) is 0.857. The average molecular weight is 301 g/mol. The highest BCUT2D eigenvalue weighted by Crippen LogP contribution is 2.39. The molecule has 20 heavy (non-hydrogen) atoms. The van der Waals surface area contributed by atoms with Crippen LogP contribution >= 0.6 is 12.4 Å². The molecule has 1 aromatic rings.